The third-order valence-electron chi connectivity index (χ3n) is 6.88. The second-order valence-corrected chi connectivity index (χ2v) is 11.2. The molecule has 3 aliphatic heterocycles. The summed E-state index contributed by atoms with van der Waals surface area (Å²) in [6, 6.07) is 2.86. The molecule has 1 amide bonds. The molecule has 1 saturated carbocycles. The van der Waals surface area contributed by atoms with Gasteiger partial charge >= 0.3 is 6.09 Å². The van der Waals surface area contributed by atoms with Gasteiger partial charge in [-0.2, -0.15) is 0 Å². The van der Waals surface area contributed by atoms with Gasteiger partial charge in [0.1, 0.15) is 0 Å². The average molecular weight is 498 g/mol. The highest BCUT2D eigenvalue weighted by Crippen LogP contribution is 2.36. The molecule has 1 aliphatic carbocycles. The fraction of sp³-hybridized carbons (Fsp3) is 0.739. The summed E-state index contributed by atoms with van der Waals surface area (Å²) in [5.74, 6) is 1.35. The van der Waals surface area contributed by atoms with Crippen LogP contribution in [-0.2, 0) is 19.5 Å². The van der Waals surface area contributed by atoms with Gasteiger partial charge in [-0.15, -0.1) is 0 Å². The molecule has 3 atom stereocenters. The molecule has 4 bridgehead atoms. The van der Waals surface area contributed by atoms with Gasteiger partial charge in [-0.05, 0) is 51.2 Å². The summed E-state index contributed by atoms with van der Waals surface area (Å²) in [6.45, 7) is 2.66. The van der Waals surface area contributed by atoms with E-state index in [2.05, 4.69) is 4.72 Å². The molecule has 1 aromatic heterocycles. The monoisotopic (exact) mass is 497 g/mol. The average Bonchev–Trinajstić information content (AvgIpc) is 3.10. The van der Waals surface area contributed by atoms with Crippen LogP contribution in [-0.4, -0.2) is 81.8 Å². The molecular weight excluding hydrogens is 462 g/mol. The molecule has 3 unspecified atom stereocenters. The number of rotatable bonds is 3. The molecule has 10 nitrogen and oxygen atoms in total. The Morgan fingerprint density at radius 2 is 1.88 bits per heavy atom. The van der Waals surface area contributed by atoms with E-state index < -0.39 is 28.2 Å². The fourth-order valence-corrected chi connectivity index (χ4v) is 6.03. The lowest BCUT2D eigenvalue weighted by molar-refractivity contribution is -0.0107. The summed E-state index contributed by atoms with van der Waals surface area (Å²) in [7, 11) is -1.85. The van der Waals surface area contributed by atoms with E-state index in [1.54, 1.807) is 12.0 Å². The van der Waals surface area contributed by atoms with E-state index in [0.717, 1.165) is 37.6 Å². The first kappa shape index (κ1) is 25.0. The largest absolute Gasteiger partial charge is 0.491 e. The van der Waals surface area contributed by atoms with E-state index >= 15 is 0 Å². The zero-order valence-corrected chi connectivity index (χ0v) is 20.9. The summed E-state index contributed by atoms with van der Waals surface area (Å²) in [5.41, 5.74) is 0.984. The number of ether oxygens (including phenoxy) is 4. The second-order valence-electron chi connectivity index (χ2n) is 9.42. The van der Waals surface area contributed by atoms with Crippen LogP contribution in [0.4, 0.5) is 4.79 Å². The van der Waals surface area contributed by atoms with Gasteiger partial charge in [0.05, 0.1) is 45.3 Å². The molecule has 1 saturated heterocycles. The van der Waals surface area contributed by atoms with Crippen molar-refractivity contribution in [3.63, 3.8) is 0 Å². The summed E-state index contributed by atoms with van der Waals surface area (Å²) >= 11 is 0. The normalized spacial score (nSPS) is 30.7. The number of fused-ring (bicyclic) bond motifs is 8. The highest BCUT2D eigenvalue weighted by Gasteiger charge is 2.44. The number of hydrogen-bond acceptors (Lipinski definition) is 8. The Hall–Kier alpha value is -2.11. The van der Waals surface area contributed by atoms with Gasteiger partial charge in [-0.25, -0.2) is 22.9 Å². The van der Waals surface area contributed by atoms with Crippen molar-refractivity contribution in [1.29, 1.82) is 0 Å². The highest BCUT2D eigenvalue weighted by molar-refractivity contribution is 7.88. The molecule has 2 fully saturated rings. The first-order valence-corrected chi connectivity index (χ1v) is 13.9. The van der Waals surface area contributed by atoms with Crippen LogP contribution in [0.5, 0.6) is 11.6 Å². The molecule has 4 heterocycles. The minimum atomic E-state index is -3.43. The quantitative estimate of drug-likeness (QED) is 0.677. The Morgan fingerprint density at radius 3 is 2.59 bits per heavy atom. The number of carbonyl (C=O) groups is 1. The van der Waals surface area contributed by atoms with Crippen LogP contribution in [0.1, 0.15) is 57.1 Å². The minimum absolute atomic E-state index is 0.0496. The van der Waals surface area contributed by atoms with Crippen molar-refractivity contribution in [2.24, 2.45) is 0 Å². The van der Waals surface area contributed by atoms with Crippen LogP contribution >= 0.6 is 0 Å². The summed E-state index contributed by atoms with van der Waals surface area (Å²) in [4.78, 5) is 19.3. The van der Waals surface area contributed by atoms with Gasteiger partial charge in [0, 0.05) is 30.1 Å². The maximum absolute atomic E-state index is 13.0. The Bertz CT molecular complexity index is 965. The molecule has 11 heteroatoms. The molecule has 4 aliphatic rings. The van der Waals surface area contributed by atoms with Crippen LogP contribution < -0.4 is 14.2 Å². The van der Waals surface area contributed by atoms with Crippen molar-refractivity contribution >= 4 is 16.1 Å². The van der Waals surface area contributed by atoms with Crippen LogP contribution in [0.15, 0.2) is 12.1 Å². The third kappa shape index (κ3) is 5.92. The predicted molar refractivity (Wildman–Crippen MR) is 125 cm³/mol. The van der Waals surface area contributed by atoms with Gasteiger partial charge in [-0.1, -0.05) is 0 Å². The molecular formula is C23H35N3O7S. The van der Waals surface area contributed by atoms with Gasteiger partial charge in [-0.3, -0.25) is 4.90 Å². The molecule has 190 valence electrons. The molecule has 5 rings (SSSR count). The second kappa shape index (κ2) is 10.7. The van der Waals surface area contributed by atoms with Crippen molar-refractivity contribution in [2.45, 2.75) is 75.6 Å². The molecule has 1 aromatic rings. The summed E-state index contributed by atoms with van der Waals surface area (Å²) in [5, 5.41) is 0. The SMILES string of the molecule is COc1ccc2nc1OCCCOC(=O)N1C(C)CC(NS(C)(=O)=O)C1COC1CCC2CC1. The van der Waals surface area contributed by atoms with E-state index in [1.165, 1.54) is 0 Å². The topological polar surface area (TPSA) is 116 Å². The van der Waals surface area contributed by atoms with Gasteiger partial charge in [0.25, 0.3) is 5.88 Å². The van der Waals surface area contributed by atoms with Crippen molar-refractivity contribution in [2.75, 3.05) is 33.2 Å². The maximum Gasteiger partial charge on any atom is 0.410 e. The Morgan fingerprint density at radius 1 is 1.15 bits per heavy atom. The maximum atomic E-state index is 13.0. The number of aromatic nitrogens is 1. The van der Waals surface area contributed by atoms with E-state index in [-0.39, 0.29) is 25.4 Å². The predicted octanol–water partition coefficient (Wildman–Crippen LogP) is 2.43. The first-order valence-electron chi connectivity index (χ1n) is 12.0. The number of amides is 1. The lowest BCUT2D eigenvalue weighted by Crippen LogP contribution is -2.50. The molecule has 0 spiro atoms. The Labute approximate surface area is 201 Å². The lowest BCUT2D eigenvalue weighted by atomic mass is 9.85. The first-order chi connectivity index (χ1) is 16.2. The molecule has 34 heavy (non-hydrogen) atoms. The zero-order chi connectivity index (χ0) is 24.3. The van der Waals surface area contributed by atoms with E-state index in [0.29, 0.717) is 37.0 Å². The Kier molecular flexibility index (Phi) is 7.83. The smallest absolute Gasteiger partial charge is 0.410 e. The zero-order valence-electron chi connectivity index (χ0n) is 20.1. The third-order valence-corrected chi connectivity index (χ3v) is 7.61. The molecule has 1 N–H and O–H groups in total. The Balaban J connectivity index is 1.53. The van der Waals surface area contributed by atoms with Crippen molar-refractivity contribution in [1.82, 2.24) is 14.6 Å². The van der Waals surface area contributed by atoms with Crippen molar-refractivity contribution in [3.8, 4) is 11.6 Å². The standard InChI is InChI=1S/C23H35N3O7S/c1-15-13-19(25-34(3,28)29)20-14-33-17-7-5-16(6-8-17)18-9-10-21(30-2)22(24-18)31-11-4-12-32-23(27)26(15)20/h9-10,15-17,19-20,25H,4-8,11-14H2,1-3H3. The van der Waals surface area contributed by atoms with Crippen LogP contribution in [0.3, 0.4) is 0 Å². The molecule has 0 aromatic carbocycles. The van der Waals surface area contributed by atoms with E-state index in [4.69, 9.17) is 23.9 Å². The minimum Gasteiger partial charge on any atom is -0.491 e. The lowest BCUT2D eigenvalue weighted by Gasteiger charge is -2.33. The number of hydrogen-bond donors (Lipinski definition) is 1. The van der Waals surface area contributed by atoms with E-state index in [9.17, 15) is 13.2 Å². The van der Waals surface area contributed by atoms with Crippen LogP contribution in [0.25, 0.3) is 0 Å². The molecule has 0 radical (unpaired) electrons. The summed E-state index contributed by atoms with van der Waals surface area (Å²) < 4.78 is 49.6. The summed E-state index contributed by atoms with van der Waals surface area (Å²) in [6.07, 6.45) is 5.31. The van der Waals surface area contributed by atoms with Gasteiger partial charge in [0.2, 0.25) is 10.0 Å². The number of nitrogens with one attached hydrogen (secondary N) is 1. The number of sulfonamides is 1. The fourth-order valence-electron chi connectivity index (χ4n) is 5.22. The van der Waals surface area contributed by atoms with Crippen LogP contribution in [0.2, 0.25) is 0 Å². The van der Waals surface area contributed by atoms with Gasteiger partial charge < -0.3 is 18.9 Å². The van der Waals surface area contributed by atoms with Crippen molar-refractivity contribution in [3.05, 3.63) is 17.8 Å². The number of carbonyl (C=O) groups excluding carboxylic acids is 1. The van der Waals surface area contributed by atoms with E-state index in [1.807, 2.05) is 19.1 Å². The number of nitrogens with zero attached hydrogens (tertiary/aromatic N) is 2. The number of pyridine rings is 1. The van der Waals surface area contributed by atoms with Gasteiger partial charge in [0.15, 0.2) is 5.75 Å². The number of methoxy groups -OCH3 is 1. The highest BCUT2D eigenvalue weighted by atomic mass is 32.2. The van der Waals surface area contributed by atoms with Crippen molar-refractivity contribution < 1.29 is 32.2 Å². The van der Waals surface area contributed by atoms with Crippen LogP contribution in [0, 0.1) is 0 Å².